The van der Waals surface area contributed by atoms with Crippen LogP contribution >= 0.6 is 22.6 Å². The summed E-state index contributed by atoms with van der Waals surface area (Å²) >= 11 is 2.26. The van der Waals surface area contributed by atoms with Crippen LogP contribution in [0, 0.1) is 0 Å². The molecule has 0 aliphatic rings. The van der Waals surface area contributed by atoms with Crippen molar-refractivity contribution < 1.29 is 0 Å². The van der Waals surface area contributed by atoms with E-state index in [4.69, 9.17) is 0 Å². The molecule has 0 unspecified atom stereocenters. The number of halogens is 1. The van der Waals surface area contributed by atoms with E-state index in [9.17, 15) is 0 Å². The van der Waals surface area contributed by atoms with Gasteiger partial charge in [-0.25, -0.2) is 0 Å². The van der Waals surface area contributed by atoms with Crippen LogP contribution in [0.1, 0.15) is 24.5 Å². The third kappa shape index (κ3) is 3.22. The molecule has 0 heterocycles. The highest BCUT2D eigenvalue weighted by atomic mass is 127. The van der Waals surface area contributed by atoms with Crippen LogP contribution < -0.4 is 0 Å². The minimum Gasteiger partial charge on any atom is -0.0651 e. The lowest BCUT2D eigenvalue weighted by molar-refractivity contribution is 0.922. The van der Waals surface area contributed by atoms with Crippen molar-refractivity contribution in [3.8, 4) is 11.1 Å². The van der Waals surface area contributed by atoms with Gasteiger partial charge in [0.25, 0.3) is 0 Å². The van der Waals surface area contributed by atoms with Crippen LogP contribution in [-0.4, -0.2) is 0 Å². The molecule has 2 aromatic carbocycles. The van der Waals surface area contributed by atoms with E-state index in [1.165, 1.54) is 28.7 Å². The average Bonchev–Trinajstić information content (AvgIpc) is 2.41. The smallest absolute Gasteiger partial charge is 0.0111 e. The van der Waals surface area contributed by atoms with E-state index in [1.54, 1.807) is 0 Å². The fourth-order valence-corrected chi connectivity index (χ4v) is 2.50. The largest absolute Gasteiger partial charge is 0.0651 e. The zero-order chi connectivity index (χ0) is 12.8. The van der Waals surface area contributed by atoms with E-state index in [-0.39, 0.29) is 0 Å². The minimum atomic E-state index is 1.16. The first kappa shape index (κ1) is 13.3. The Kier molecular flexibility index (Phi) is 5.00. The van der Waals surface area contributed by atoms with Gasteiger partial charge in [0.2, 0.25) is 0 Å². The molecule has 2 rings (SSSR count). The van der Waals surface area contributed by atoms with Crippen LogP contribution in [0.15, 0.2) is 52.6 Å². The maximum absolute atomic E-state index is 2.26. The first-order valence-corrected chi connectivity index (χ1v) is 7.55. The maximum atomic E-state index is 2.26. The van der Waals surface area contributed by atoms with Crippen molar-refractivity contribution in [1.29, 1.82) is 0 Å². The molecule has 0 aliphatic heterocycles. The summed E-state index contributed by atoms with van der Waals surface area (Å²) in [6.07, 6.45) is 4.51. The molecule has 0 amide bonds. The third-order valence-corrected chi connectivity index (χ3v) is 3.37. The van der Waals surface area contributed by atoms with Gasteiger partial charge in [-0.2, -0.15) is 0 Å². The molecule has 0 nitrogen and oxygen atoms in total. The van der Waals surface area contributed by atoms with E-state index in [0.29, 0.717) is 0 Å². The predicted octanol–water partition coefficient (Wildman–Crippen LogP) is 5.71. The Hall–Kier alpha value is -1.09. The number of hydrogen-bond donors (Lipinski definition) is 0. The fourth-order valence-electron chi connectivity index (χ4n) is 2.11. The van der Waals surface area contributed by atoms with E-state index < -0.39 is 0 Å². The molecule has 2 aromatic rings. The number of aryl methyl sites for hydroxylation is 1. The van der Waals surface area contributed by atoms with Crippen LogP contribution in [-0.2, 0) is 6.42 Å². The molecule has 0 bridgehead atoms. The average molecular weight is 348 g/mol. The van der Waals surface area contributed by atoms with Crippen molar-refractivity contribution >= 4 is 28.7 Å². The Balaban J connectivity index is 2.36. The van der Waals surface area contributed by atoms with E-state index in [2.05, 4.69) is 88.2 Å². The van der Waals surface area contributed by atoms with Gasteiger partial charge in [-0.3, -0.25) is 0 Å². The van der Waals surface area contributed by atoms with Crippen molar-refractivity contribution in [2.24, 2.45) is 0 Å². The summed E-state index contributed by atoms with van der Waals surface area (Å²) in [7, 11) is 0. The molecule has 0 spiro atoms. The van der Waals surface area contributed by atoms with E-state index in [1.807, 2.05) is 0 Å². The first-order valence-electron chi connectivity index (χ1n) is 6.30. The molecule has 0 N–H and O–H groups in total. The molecule has 0 aromatic heterocycles. The molecule has 0 aliphatic carbocycles. The van der Waals surface area contributed by atoms with Gasteiger partial charge in [0.05, 0.1) is 0 Å². The highest BCUT2D eigenvalue weighted by molar-refractivity contribution is 14.1. The summed E-state index contributed by atoms with van der Waals surface area (Å²) in [5, 5.41) is 0. The Labute approximate surface area is 123 Å². The molecule has 0 fully saturated rings. The Morgan fingerprint density at radius 2 is 1.72 bits per heavy atom. The molecule has 0 atom stereocenters. The summed E-state index contributed by atoms with van der Waals surface area (Å²) in [6.45, 7) is 2.22. The third-order valence-electron chi connectivity index (χ3n) is 3.01. The van der Waals surface area contributed by atoms with Gasteiger partial charge in [-0.05, 0) is 38.8 Å². The quantitative estimate of drug-likeness (QED) is 0.621. The second-order valence-electron chi connectivity index (χ2n) is 4.33. The number of benzene rings is 2. The van der Waals surface area contributed by atoms with Crippen LogP contribution in [0.3, 0.4) is 0 Å². The van der Waals surface area contributed by atoms with Crippen molar-refractivity contribution in [3.05, 3.63) is 63.7 Å². The summed E-state index contributed by atoms with van der Waals surface area (Å²) < 4.78 is 2.06. The lowest BCUT2D eigenvalue weighted by Crippen LogP contribution is -1.85. The Morgan fingerprint density at radius 3 is 2.39 bits per heavy atom. The van der Waals surface area contributed by atoms with Gasteiger partial charge in [-0.1, -0.05) is 84.5 Å². The molecular formula is C17H17I. The maximum Gasteiger partial charge on any atom is -0.0111 e. The summed E-state index contributed by atoms with van der Waals surface area (Å²) in [4.78, 5) is 0. The van der Waals surface area contributed by atoms with Gasteiger partial charge in [0.1, 0.15) is 0 Å². The molecule has 18 heavy (non-hydrogen) atoms. The lowest BCUT2D eigenvalue weighted by atomic mass is 9.98. The molecule has 0 radical (unpaired) electrons. The summed E-state index contributed by atoms with van der Waals surface area (Å²) in [5.41, 5.74) is 5.28. The standard InChI is InChI=1S/C17H17I/c1-2-5-14-8-10-16(11-9-14)17-7-4-3-6-15(17)12-13-18/h3-4,6-13H,2,5H2,1H3. The van der Waals surface area contributed by atoms with Crippen molar-refractivity contribution in [2.75, 3.05) is 0 Å². The monoisotopic (exact) mass is 348 g/mol. The second kappa shape index (κ2) is 6.74. The molecule has 1 heteroatoms. The van der Waals surface area contributed by atoms with Crippen LogP contribution in [0.2, 0.25) is 0 Å². The van der Waals surface area contributed by atoms with Crippen LogP contribution in [0.4, 0.5) is 0 Å². The van der Waals surface area contributed by atoms with Crippen LogP contribution in [0.5, 0.6) is 0 Å². The van der Waals surface area contributed by atoms with Gasteiger partial charge in [-0.15, -0.1) is 0 Å². The molecule has 0 saturated heterocycles. The van der Waals surface area contributed by atoms with Gasteiger partial charge in [0.15, 0.2) is 0 Å². The molecule has 0 saturated carbocycles. The fraction of sp³-hybridized carbons (Fsp3) is 0.176. The van der Waals surface area contributed by atoms with Crippen molar-refractivity contribution in [1.82, 2.24) is 0 Å². The second-order valence-corrected chi connectivity index (χ2v) is 5.05. The predicted molar refractivity (Wildman–Crippen MR) is 88.9 cm³/mol. The first-order chi connectivity index (χ1) is 8.85. The topological polar surface area (TPSA) is 0 Å². The summed E-state index contributed by atoms with van der Waals surface area (Å²) in [6, 6.07) is 17.5. The Bertz CT molecular complexity index is 524. The van der Waals surface area contributed by atoms with E-state index >= 15 is 0 Å². The van der Waals surface area contributed by atoms with Crippen molar-refractivity contribution in [3.63, 3.8) is 0 Å². The highest BCUT2D eigenvalue weighted by Gasteiger charge is 2.01. The SMILES string of the molecule is CCCc1ccc(-c2ccccc2C=CI)cc1. The lowest BCUT2D eigenvalue weighted by Gasteiger charge is -2.07. The molecule has 92 valence electrons. The zero-order valence-corrected chi connectivity index (χ0v) is 12.7. The van der Waals surface area contributed by atoms with Gasteiger partial charge in [0, 0.05) is 0 Å². The van der Waals surface area contributed by atoms with Gasteiger partial charge < -0.3 is 0 Å². The Morgan fingerprint density at radius 1 is 1.00 bits per heavy atom. The minimum absolute atomic E-state index is 1.16. The normalized spacial score (nSPS) is 11.0. The van der Waals surface area contributed by atoms with Gasteiger partial charge >= 0.3 is 0 Å². The molecular weight excluding hydrogens is 331 g/mol. The van der Waals surface area contributed by atoms with Crippen molar-refractivity contribution in [2.45, 2.75) is 19.8 Å². The highest BCUT2D eigenvalue weighted by Crippen LogP contribution is 2.25. The zero-order valence-electron chi connectivity index (χ0n) is 10.6. The summed E-state index contributed by atoms with van der Waals surface area (Å²) in [5.74, 6) is 0. The van der Waals surface area contributed by atoms with E-state index in [0.717, 1.165) is 6.42 Å². The number of hydrogen-bond acceptors (Lipinski definition) is 0. The number of rotatable bonds is 4. The van der Waals surface area contributed by atoms with Crippen LogP contribution in [0.25, 0.3) is 17.2 Å².